The second-order valence-electron chi connectivity index (χ2n) is 3.56. The van der Waals surface area contributed by atoms with Crippen LogP contribution in [0.25, 0.3) is 0 Å². The van der Waals surface area contributed by atoms with Crippen LogP contribution >= 0.6 is 0 Å². The highest BCUT2D eigenvalue weighted by molar-refractivity contribution is 5.21. The average Bonchev–Trinajstić information content (AvgIpc) is 2.77. The number of rotatable bonds is 4. The predicted molar refractivity (Wildman–Crippen MR) is 60.7 cm³/mol. The van der Waals surface area contributed by atoms with Gasteiger partial charge in [0.05, 0.1) is 24.7 Å². The molecule has 0 unspecified atom stereocenters. The fourth-order valence-corrected chi connectivity index (χ4v) is 1.35. The molecule has 2 aromatic rings. The predicted octanol–water partition coefficient (Wildman–Crippen LogP) is 1.29. The summed E-state index contributed by atoms with van der Waals surface area (Å²) < 4.78 is 7.21. The largest absolute Gasteiger partial charge is 0.421 e. The van der Waals surface area contributed by atoms with E-state index in [4.69, 9.17) is 9.84 Å². The molecular formula is C11H14N4O2. The summed E-state index contributed by atoms with van der Waals surface area (Å²) in [6.07, 6.45) is 4.95. The normalized spacial score (nSPS) is 10.5. The molecule has 1 N–H and O–H groups in total. The number of ether oxygens (including phenoxy) is 1. The van der Waals surface area contributed by atoms with Crippen LogP contribution in [0.3, 0.4) is 0 Å². The summed E-state index contributed by atoms with van der Waals surface area (Å²) >= 11 is 0. The van der Waals surface area contributed by atoms with Crippen LogP contribution < -0.4 is 4.74 Å². The third-order valence-corrected chi connectivity index (χ3v) is 2.37. The Morgan fingerprint density at radius 1 is 1.41 bits per heavy atom. The number of aliphatic hydroxyl groups is 1. The van der Waals surface area contributed by atoms with E-state index in [1.165, 1.54) is 0 Å². The van der Waals surface area contributed by atoms with Gasteiger partial charge in [-0.05, 0) is 13.8 Å². The molecule has 0 aliphatic carbocycles. The van der Waals surface area contributed by atoms with E-state index >= 15 is 0 Å². The number of aryl methyl sites for hydroxylation is 2. The Kier molecular flexibility index (Phi) is 3.34. The number of hydrogen-bond donors (Lipinski definition) is 1. The summed E-state index contributed by atoms with van der Waals surface area (Å²) in [5.74, 6) is 0.600. The summed E-state index contributed by atoms with van der Waals surface area (Å²) in [5.41, 5.74) is 1.40. The molecule has 0 aromatic carbocycles. The zero-order chi connectivity index (χ0) is 12.3. The molecule has 0 radical (unpaired) electrons. The Balaban J connectivity index is 2.15. The minimum Gasteiger partial charge on any atom is -0.421 e. The molecule has 2 aromatic heterocycles. The molecule has 6 heteroatoms. The van der Waals surface area contributed by atoms with Gasteiger partial charge in [-0.25, -0.2) is 4.98 Å². The van der Waals surface area contributed by atoms with Gasteiger partial charge in [0.2, 0.25) is 0 Å². The molecule has 0 saturated heterocycles. The fourth-order valence-electron chi connectivity index (χ4n) is 1.35. The van der Waals surface area contributed by atoms with Crippen molar-refractivity contribution in [3.8, 4) is 11.8 Å². The summed E-state index contributed by atoms with van der Waals surface area (Å²) in [4.78, 5) is 8.15. The third kappa shape index (κ3) is 2.59. The maximum absolute atomic E-state index is 9.00. The van der Waals surface area contributed by atoms with Gasteiger partial charge in [-0.2, -0.15) is 10.1 Å². The van der Waals surface area contributed by atoms with Gasteiger partial charge in [0.1, 0.15) is 0 Å². The van der Waals surface area contributed by atoms with Crippen LogP contribution in [0.15, 0.2) is 18.6 Å². The Labute approximate surface area is 98.9 Å². The zero-order valence-electron chi connectivity index (χ0n) is 9.79. The van der Waals surface area contributed by atoms with E-state index in [2.05, 4.69) is 15.1 Å². The van der Waals surface area contributed by atoms with E-state index < -0.39 is 0 Å². The number of aromatic nitrogens is 4. The first kappa shape index (κ1) is 11.5. The SMILES string of the molecule is CCn1cc(Oc2ncc(CO)c(C)n2)cn1. The molecule has 2 rings (SSSR count). The second-order valence-corrected chi connectivity index (χ2v) is 3.56. The average molecular weight is 234 g/mol. The van der Waals surface area contributed by atoms with Crippen LogP contribution in [-0.2, 0) is 13.2 Å². The quantitative estimate of drug-likeness (QED) is 0.862. The molecule has 0 bridgehead atoms. The first-order valence-electron chi connectivity index (χ1n) is 5.36. The highest BCUT2D eigenvalue weighted by Gasteiger charge is 2.06. The molecule has 6 nitrogen and oxygen atoms in total. The van der Waals surface area contributed by atoms with Crippen molar-refractivity contribution >= 4 is 0 Å². The Hall–Kier alpha value is -1.95. The van der Waals surface area contributed by atoms with Crippen LogP contribution in [0.2, 0.25) is 0 Å². The van der Waals surface area contributed by atoms with E-state index in [0.29, 0.717) is 17.0 Å². The van der Waals surface area contributed by atoms with Crippen LogP contribution in [0.1, 0.15) is 18.2 Å². The Morgan fingerprint density at radius 3 is 2.82 bits per heavy atom. The molecule has 17 heavy (non-hydrogen) atoms. The van der Waals surface area contributed by atoms with Crippen molar-refractivity contribution < 1.29 is 9.84 Å². The molecule has 0 atom stereocenters. The minimum absolute atomic E-state index is 0.0696. The van der Waals surface area contributed by atoms with Gasteiger partial charge in [0.25, 0.3) is 0 Å². The van der Waals surface area contributed by atoms with Gasteiger partial charge < -0.3 is 9.84 Å². The summed E-state index contributed by atoms with van der Waals surface area (Å²) in [5, 5.41) is 13.1. The lowest BCUT2D eigenvalue weighted by atomic mass is 10.3. The lowest BCUT2D eigenvalue weighted by molar-refractivity contribution is 0.279. The van der Waals surface area contributed by atoms with Crippen molar-refractivity contribution in [1.82, 2.24) is 19.7 Å². The van der Waals surface area contributed by atoms with Gasteiger partial charge in [-0.3, -0.25) is 4.68 Å². The lowest BCUT2D eigenvalue weighted by Gasteiger charge is -2.04. The molecule has 0 spiro atoms. The van der Waals surface area contributed by atoms with Crippen LogP contribution in [0.4, 0.5) is 0 Å². The maximum atomic E-state index is 9.00. The highest BCUT2D eigenvalue weighted by atomic mass is 16.5. The smallest absolute Gasteiger partial charge is 0.322 e. The maximum Gasteiger partial charge on any atom is 0.322 e. The topological polar surface area (TPSA) is 73.1 Å². The van der Waals surface area contributed by atoms with Gasteiger partial charge in [-0.15, -0.1) is 0 Å². The number of nitrogens with zero attached hydrogens (tertiary/aromatic N) is 4. The monoisotopic (exact) mass is 234 g/mol. The van der Waals surface area contributed by atoms with E-state index in [0.717, 1.165) is 6.54 Å². The standard InChI is InChI=1S/C11H14N4O2/c1-3-15-6-10(5-13-15)17-11-12-4-9(7-16)8(2)14-11/h4-6,16H,3,7H2,1-2H3. The van der Waals surface area contributed by atoms with Gasteiger partial charge in [0, 0.05) is 18.3 Å². The van der Waals surface area contributed by atoms with Crippen molar-refractivity contribution in [1.29, 1.82) is 0 Å². The van der Waals surface area contributed by atoms with Crippen LogP contribution in [0, 0.1) is 6.92 Å². The minimum atomic E-state index is -0.0696. The van der Waals surface area contributed by atoms with Gasteiger partial charge >= 0.3 is 6.01 Å². The van der Waals surface area contributed by atoms with Crippen molar-refractivity contribution in [2.75, 3.05) is 0 Å². The first-order valence-corrected chi connectivity index (χ1v) is 5.36. The van der Waals surface area contributed by atoms with E-state index in [9.17, 15) is 0 Å². The second kappa shape index (κ2) is 4.92. The van der Waals surface area contributed by atoms with Crippen molar-refractivity contribution in [2.45, 2.75) is 27.0 Å². The van der Waals surface area contributed by atoms with E-state index in [1.54, 1.807) is 30.2 Å². The molecule has 90 valence electrons. The van der Waals surface area contributed by atoms with E-state index in [1.807, 2.05) is 6.92 Å². The third-order valence-electron chi connectivity index (χ3n) is 2.37. The summed E-state index contributed by atoms with van der Waals surface area (Å²) in [6.45, 7) is 4.51. The number of hydrogen-bond acceptors (Lipinski definition) is 5. The number of aliphatic hydroxyl groups excluding tert-OH is 1. The van der Waals surface area contributed by atoms with Crippen molar-refractivity contribution in [3.63, 3.8) is 0 Å². The van der Waals surface area contributed by atoms with Crippen LogP contribution in [0.5, 0.6) is 11.8 Å². The zero-order valence-corrected chi connectivity index (χ0v) is 9.79. The highest BCUT2D eigenvalue weighted by Crippen LogP contribution is 2.17. The summed E-state index contributed by atoms with van der Waals surface area (Å²) in [6, 6.07) is 0.260. The molecule has 0 aliphatic heterocycles. The molecule has 0 aliphatic rings. The van der Waals surface area contributed by atoms with Gasteiger partial charge in [0.15, 0.2) is 5.75 Å². The Bertz CT molecular complexity index is 510. The molecule has 2 heterocycles. The Morgan fingerprint density at radius 2 is 2.24 bits per heavy atom. The lowest BCUT2D eigenvalue weighted by Crippen LogP contribution is -1.98. The summed E-state index contributed by atoms with van der Waals surface area (Å²) in [7, 11) is 0. The molecule has 0 saturated carbocycles. The molecular weight excluding hydrogens is 220 g/mol. The molecule has 0 amide bonds. The fraction of sp³-hybridized carbons (Fsp3) is 0.364. The van der Waals surface area contributed by atoms with Crippen molar-refractivity contribution in [2.24, 2.45) is 0 Å². The van der Waals surface area contributed by atoms with Crippen LogP contribution in [-0.4, -0.2) is 24.9 Å². The van der Waals surface area contributed by atoms with Gasteiger partial charge in [-0.1, -0.05) is 0 Å². The molecule has 0 fully saturated rings. The van der Waals surface area contributed by atoms with Crippen molar-refractivity contribution in [3.05, 3.63) is 29.8 Å². The van der Waals surface area contributed by atoms with E-state index in [-0.39, 0.29) is 12.6 Å². The first-order chi connectivity index (χ1) is 8.22.